The predicted octanol–water partition coefficient (Wildman–Crippen LogP) is 3.41. The fraction of sp³-hybridized carbons (Fsp3) is 0.929. The van der Waals surface area contributed by atoms with E-state index < -0.39 is 0 Å². The molecule has 2 nitrogen and oxygen atoms in total. The van der Waals surface area contributed by atoms with Gasteiger partial charge >= 0.3 is 0 Å². The first-order chi connectivity index (χ1) is 8.04. The first-order valence-electron chi connectivity index (χ1n) is 6.95. The molecule has 1 aliphatic heterocycles. The van der Waals surface area contributed by atoms with Gasteiger partial charge in [-0.2, -0.15) is 0 Å². The van der Waals surface area contributed by atoms with Crippen molar-refractivity contribution in [1.29, 1.82) is 0 Å². The molecule has 1 amide bonds. The number of unbranched alkanes of at least 4 members (excludes halogenated alkanes) is 1. The number of hydrogen-bond donors (Lipinski definition) is 0. The van der Waals surface area contributed by atoms with Gasteiger partial charge in [-0.1, -0.05) is 27.2 Å². The molecule has 100 valence electrons. The smallest absolute Gasteiger partial charge is 0.235 e. The molecule has 3 atom stereocenters. The Morgan fingerprint density at radius 2 is 1.94 bits per heavy atom. The number of thioether (sulfide) groups is 1. The van der Waals surface area contributed by atoms with E-state index in [1.54, 1.807) is 0 Å². The summed E-state index contributed by atoms with van der Waals surface area (Å²) in [6.45, 7) is 10.7. The van der Waals surface area contributed by atoms with E-state index in [1.807, 2.05) is 11.8 Å². The van der Waals surface area contributed by atoms with Gasteiger partial charge in [0, 0.05) is 13.1 Å². The molecule has 0 radical (unpaired) electrons. The number of amides is 1. The molecular weight excluding hydrogens is 230 g/mol. The van der Waals surface area contributed by atoms with E-state index in [0.29, 0.717) is 17.7 Å². The maximum Gasteiger partial charge on any atom is 0.235 e. The van der Waals surface area contributed by atoms with Gasteiger partial charge in [0.2, 0.25) is 5.91 Å². The van der Waals surface area contributed by atoms with E-state index in [-0.39, 0.29) is 5.25 Å². The van der Waals surface area contributed by atoms with Crippen LogP contribution in [0.25, 0.3) is 0 Å². The molecule has 0 aromatic rings. The summed E-state index contributed by atoms with van der Waals surface area (Å²) in [5.41, 5.74) is 0. The third-order valence-electron chi connectivity index (χ3n) is 3.39. The van der Waals surface area contributed by atoms with E-state index >= 15 is 0 Å². The maximum absolute atomic E-state index is 12.3. The van der Waals surface area contributed by atoms with Crippen LogP contribution in [-0.2, 0) is 4.79 Å². The van der Waals surface area contributed by atoms with Gasteiger partial charge in [0.05, 0.1) is 5.25 Å². The van der Waals surface area contributed by atoms with Crippen LogP contribution in [0.1, 0.15) is 47.0 Å². The summed E-state index contributed by atoms with van der Waals surface area (Å²) in [5.74, 6) is 2.79. The van der Waals surface area contributed by atoms with Gasteiger partial charge in [0.1, 0.15) is 0 Å². The monoisotopic (exact) mass is 257 g/mol. The molecule has 0 N–H and O–H groups in total. The zero-order valence-corrected chi connectivity index (χ0v) is 12.6. The molecule has 1 saturated heterocycles. The Labute approximate surface area is 111 Å². The molecule has 3 heteroatoms. The molecule has 0 bridgehead atoms. The van der Waals surface area contributed by atoms with E-state index in [9.17, 15) is 4.79 Å². The van der Waals surface area contributed by atoms with Crippen molar-refractivity contribution < 1.29 is 4.79 Å². The van der Waals surface area contributed by atoms with Gasteiger partial charge in [-0.3, -0.25) is 4.79 Å². The molecule has 17 heavy (non-hydrogen) atoms. The number of carbonyl (C=O) groups is 1. The van der Waals surface area contributed by atoms with Gasteiger partial charge in [-0.05, 0) is 37.4 Å². The highest BCUT2D eigenvalue weighted by Crippen LogP contribution is 2.24. The lowest BCUT2D eigenvalue weighted by Gasteiger charge is -2.36. The standard InChI is InChI=1S/C14H27NOS/c1-5-6-7-17-13(4)14(16)15-9-11(2)8-12(3)10-15/h11-13H,5-10H2,1-4H3. The van der Waals surface area contributed by atoms with Crippen LogP contribution in [0.3, 0.4) is 0 Å². The molecule has 1 aliphatic rings. The van der Waals surface area contributed by atoms with Crippen LogP contribution < -0.4 is 0 Å². The van der Waals surface area contributed by atoms with Crippen LogP contribution >= 0.6 is 11.8 Å². The summed E-state index contributed by atoms with van der Waals surface area (Å²) in [4.78, 5) is 14.4. The summed E-state index contributed by atoms with van der Waals surface area (Å²) in [5, 5.41) is 0.138. The van der Waals surface area contributed by atoms with Crippen LogP contribution in [0.2, 0.25) is 0 Å². The van der Waals surface area contributed by atoms with Crippen LogP contribution in [0.4, 0.5) is 0 Å². The lowest BCUT2D eigenvalue weighted by molar-refractivity contribution is -0.132. The highest BCUT2D eigenvalue weighted by Gasteiger charge is 2.28. The molecule has 0 aliphatic carbocycles. The van der Waals surface area contributed by atoms with E-state index in [2.05, 4.69) is 32.6 Å². The van der Waals surface area contributed by atoms with E-state index in [1.165, 1.54) is 19.3 Å². The molecule has 1 fully saturated rings. The fourth-order valence-corrected chi connectivity index (χ4v) is 3.68. The minimum absolute atomic E-state index is 0.138. The molecule has 0 spiro atoms. The zero-order chi connectivity index (χ0) is 12.8. The van der Waals surface area contributed by atoms with Gasteiger partial charge in [-0.15, -0.1) is 11.8 Å². The summed E-state index contributed by atoms with van der Waals surface area (Å²) < 4.78 is 0. The van der Waals surface area contributed by atoms with Gasteiger partial charge in [-0.25, -0.2) is 0 Å². The summed E-state index contributed by atoms with van der Waals surface area (Å²) in [6.07, 6.45) is 3.70. The van der Waals surface area contributed by atoms with Crippen molar-refractivity contribution in [3.8, 4) is 0 Å². The maximum atomic E-state index is 12.3. The van der Waals surface area contributed by atoms with Crippen LogP contribution in [-0.4, -0.2) is 34.9 Å². The lowest BCUT2D eigenvalue weighted by atomic mass is 9.92. The summed E-state index contributed by atoms with van der Waals surface area (Å²) in [6, 6.07) is 0. The number of nitrogens with zero attached hydrogens (tertiary/aromatic N) is 1. The highest BCUT2D eigenvalue weighted by molar-refractivity contribution is 8.00. The first-order valence-corrected chi connectivity index (χ1v) is 7.99. The lowest BCUT2D eigenvalue weighted by Crippen LogP contribution is -2.45. The summed E-state index contributed by atoms with van der Waals surface area (Å²) >= 11 is 1.81. The Hall–Kier alpha value is -0.180. The second kappa shape index (κ2) is 7.30. The van der Waals surface area contributed by atoms with Gasteiger partial charge < -0.3 is 4.90 Å². The Balaban J connectivity index is 2.39. The van der Waals surface area contributed by atoms with Crippen LogP contribution in [0.15, 0.2) is 0 Å². The third kappa shape index (κ3) is 4.90. The number of likely N-dealkylation sites (tertiary alicyclic amines) is 1. The fourth-order valence-electron chi connectivity index (χ4n) is 2.58. The Bertz CT molecular complexity index is 234. The second-order valence-electron chi connectivity index (χ2n) is 5.56. The Morgan fingerprint density at radius 1 is 1.35 bits per heavy atom. The molecule has 1 heterocycles. The third-order valence-corrected chi connectivity index (χ3v) is 4.62. The van der Waals surface area contributed by atoms with Crippen molar-refractivity contribution in [1.82, 2.24) is 4.90 Å². The molecule has 1 rings (SSSR count). The van der Waals surface area contributed by atoms with Gasteiger partial charge in [0.15, 0.2) is 0 Å². The number of rotatable bonds is 5. The van der Waals surface area contributed by atoms with Crippen molar-refractivity contribution in [2.24, 2.45) is 11.8 Å². The van der Waals surface area contributed by atoms with Crippen molar-refractivity contribution in [3.05, 3.63) is 0 Å². The molecular formula is C14H27NOS. The highest BCUT2D eigenvalue weighted by atomic mass is 32.2. The largest absolute Gasteiger partial charge is 0.341 e. The summed E-state index contributed by atoms with van der Waals surface area (Å²) in [7, 11) is 0. The van der Waals surface area contributed by atoms with Crippen molar-refractivity contribution >= 4 is 17.7 Å². The first kappa shape index (κ1) is 14.9. The van der Waals surface area contributed by atoms with Crippen LogP contribution in [0, 0.1) is 11.8 Å². The normalized spacial score (nSPS) is 26.9. The SMILES string of the molecule is CCCCSC(C)C(=O)N1CC(C)CC(C)C1. The zero-order valence-electron chi connectivity index (χ0n) is 11.7. The second-order valence-corrected chi connectivity index (χ2v) is 7.00. The number of piperidine rings is 1. The Kier molecular flexibility index (Phi) is 6.39. The topological polar surface area (TPSA) is 20.3 Å². The average molecular weight is 257 g/mol. The van der Waals surface area contributed by atoms with Gasteiger partial charge in [0.25, 0.3) is 0 Å². The molecule has 0 saturated carbocycles. The van der Waals surface area contributed by atoms with E-state index in [0.717, 1.165) is 18.8 Å². The number of carbonyl (C=O) groups excluding carboxylic acids is 1. The molecule has 0 aromatic heterocycles. The average Bonchev–Trinajstić information content (AvgIpc) is 2.27. The molecule has 3 unspecified atom stereocenters. The minimum Gasteiger partial charge on any atom is -0.341 e. The predicted molar refractivity (Wildman–Crippen MR) is 76.4 cm³/mol. The minimum atomic E-state index is 0.138. The van der Waals surface area contributed by atoms with E-state index in [4.69, 9.17) is 0 Å². The number of hydrogen-bond acceptors (Lipinski definition) is 2. The van der Waals surface area contributed by atoms with Crippen LogP contribution in [0.5, 0.6) is 0 Å². The quantitative estimate of drug-likeness (QED) is 0.703. The van der Waals surface area contributed by atoms with Crippen molar-refractivity contribution in [2.45, 2.75) is 52.2 Å². The molecule has 0 aromatic carbocycles. The Morgan fingerprint density at radius 3 is 2.47 bits per heavy atom. The van der Waals surface area contributed by atoms with Crippen molar-refractivity contribution in [2.75, 3.05) is 18.8 Å². The van der Waals surface area contributed by atoms with Crippen molar-refractivity contribution in [3.63, 3.8) is 0 Å².